The first-order valence-corrected chi connectivity index (χ1v) is 14.2. The molecule has 2 N–H and O–H groups in total. The SMILES string of the molecule is Cc1cc(C)c(-c2cc(F)c(F)c([C@H](CC(=O)O)NC(=O)C(CC(C)C)n3cc(CCN(C)C)cc(F)c3=O)c2)c(C)c1.S. The Morgan fingerprint density at radius 3 is 2.14 bits per heavy atom. The van der Waals surface area contributed by atoms with Crippen molar-refractivity contribution in [1.29, 1.82) is 0 Å². The Balaban J connectivity index is 0.00000675. The van der Waals surface area contributed by atoms with Crippen LogP contribution in [-0.2, 0) is 16.0 Å². The molecule has 0 saturated carbocycles. The largest absolute Gasteiger partial charge is 0.481 e. The maximum Gasteiger partial charge on any atom is 0.305 e. The number of aryl methyl sites for hydroxylation is 3. The van der Waals surface area contributed by atoms with E-state index in [-0.39, 0.29) is 31.4 Å². The maximum atomic E-state index is 15.3. The van der Waals surface area contributed by atoms with Gasteiger partial charge in [-0.2, -0.15) is 13.5 Å². The van der Waals surface area contributed by atoms with Crippen LogP contribution < -0.4 is 10.9 Å². The third kappa shape index (κ3) is 8.98. The number of pyridine rings is 1. The first-order valence-electron chi connectivity index (χ1n) is 14.2. The van der Waals surface area contributed by atoms with Crippen LogP contribution in [0, 0.1) is 44.1 Å². The summed E-state index contributed by atoms with van der Waals surface area (Å²) in [6, 6.07) is 4.64. The minimum atomic E-state index is -1.47. The van der Waals surface area contributed by atoms with Crippen LogP contribution in [0.5, 0.6) is 0 Å². The van der Waals surface area contributed by atoms with Crippen molar-refractivity contribution < 1.29 is 27.9 Å². The number of aliphatic carboxylic acids is 1. The molecule has 0 saturated heterocycles. The van der Waals surface area contributed by atoms with Gasteiger partial charge in [0.1, 0.15) is 6.04 Å². The highest BCUT2D eigenvalue weighted by Crippen LogP contribution is 2.34. The van der Waals surface area contributed by atoms with E-state index in [4.69, 9.17) is 0 Å². The van der Waals surface area contributed by atoms with Crippen LogP contribution in [0.15, 0.2) is 41.3 Å². The van der Waals surface area contributed by atoms with E-state index in [0.29, 0.717) is 29.7 Å². The number of likely N-dealkylation sites (N-methyl/N-ethyl adjacent to an activating group) is 1. The molecule has 3 aromatic rings. The van der Waals surface area contributed by atoms with E-state index < -0.39 is 53.4 Å². The summed E-state index contributed by atoms with van der Waals surface area (Å²) >= 11 is 0. The molecule has 0 bridgehead atoms. The highest BCUT2D eigenvalue weighted by atomic mass is 32.1. The molecule has 44 heavy (non-hydrogen) atoms. The summed E-state index contributed by atoms with van der Waals surface area (Å²) in [7, 11) is 3.70. The smallest absolute Gasteiger partial charge is 0.305 e. The number of hydrogen-bond donors (Lipinski definition) is 2. The molecule has 1 amide bonds. The number of nitrogens with one attached hydrogen (secondary N) is 1. The van der Waals surface area contributed by atoms with Gasteiger partial charge in [-0.3, -0.25) is 14.4 Å². The molecule has 0 aliphatic carbocycles. The van der Waals surface area contributed by atoms with Crippen LogP contribution >= 0.6 is 13.5 Å². The van der Waals surface area contributed by atoms with Gasteiger partial charge in [0.25, 0.3) is 5.56 Å². The Kier molecular flexibility index (Phi) is 12.8. The van der Waals surface area contributed by atoms with Gasteiger partial charge < -0.3 is 19.9 Å². The lowest BCUT2D eigenvalue weighted by atomic mass is 9.90. The Morgan fingerprint density at radius 1 is 0.977 bits per heavy atom. The van der Waals surface area contributed by atoms with Crippen molar-refractivity contribution >= 4 is 25.4 Å². The van der Waals surface area contributed by atoms with Gasteiger partial charge in [0.05, 0.1) is 12.5 Å². The molecule has 1 unspecified atom stereocenters. The zero-order valence-corrected chi connectivity index (χ0v) is 27.2. The molecule has 0 spiro atoms. The first kappa shape index (κ1) is 36.6. The van der Waals surface area contributed by atoms with Gasteiger partial charge in [0.2, 0.25) is 5.91 Å². The Labute approximate surface area is 263 Å². The third-order valence-electron chi connectivity index (χ3n) is 7.33. The average molecular weight is 634 g/mol. The molecule has 1 heterocycles. The van der Waals surface area contributed by atoms with Crippen LogP contribution in [0.3, 0.4) is 0 Å². The number of halogens is 3. The number of nitrogens with zero attached hydrogens (tertiary/aromatic N) is 2. The predicted molar refractivity (Wildman–Crippen MR) is 171 cm³/mol. The van der Waals surface area contributed by atoms with Crippen LogP contribution in [0.25, 0.3) is 11.1 Å². The molecule has 0 aliphatic rings. The summed E-state index contributed by atoms with van der Waals surface area (Å²) in [6.07, 6.45) is 1.20. The lowest BCUT2D eigenvalue weighted by molar-refractivity contribution is -0.138. The Morgan fingerprint density at radius 2 is 1.59 bits per heavy atom. The summed E-state index contributed by atoms with van der Waals surface area (Å²) in [5.74, 6) is -5.79. The topological polar surface area (TPSA) is 91.6 Å². The summed E-state index contributed by atoms with van der Waals surface area (Å²) in [6.45, 7) is 9.80. The van der Waals surface area contributed by atoms with Gasteiger partial charge in [-0.1, -0.05) is 31.5 Å². The molecule has 11 heteroatoms. The van der Waals surface area contributed by atoms with Gasteiger partial charge in [-0.05, 0) is 99.6 Å². The van der Waals surface area contributed by atoms with E-state index in [0.717, 1.165) is 33.4 Å². The molecule has 2 atom stereocenters. The summed E-state index contributed by atoms with van der Waals surface area (Å²) in [5.41, 5.74) is 2.78. The molecule has 7 nitrogen and oxygen atoms in total. The number of aromatic nitrogens is 1. The second-order valence-corrected chi connectivity index (χ2v) is 11.9. The van der Waals surface area contributed by atoms with E-state index in [1.165, 1.54) is 12.3 Å². The average Bonchev–Trinajstić information content (AvgIpc) is 2.88. The monoisotopic (exact) mass is 633 g/mol. The van der Waals surface area contributed by atoms with Crippen LogP contribution in [-0.4, -0.2) is 47.1 Å². The number of hydrogen-bond acceptors (Lipinski definition) is 4. The van der Waals surface area contributed by atoms with Gasteiger partial charge in [0.15, 0.2) is 17.5 Å². The number of carboxylic acid groups (broad SMARTS) is 1. The van der Waals surface area contributed by atoms with E-state index in [9.17, 15) is 23.9 Å². The van der Waals surface area contributed by atoms with Crippen LogP contribution in [0.4, 0.5) is 13.2 Å². The number of carbonyl (C=O) groups excluding carboxylic acids is 1. The molecule has 240 valence electrons. The van der Waals surface area contributed by atoms with Gasteiger partial charge in [-0.15, -0.1) is 0 Å². The minimum absolute atomic E-state index is 0. The zero-order chi connectivity index (χ0) is 32.2. The highest BCUT2D eigenvalue weighted by molar-refractivity contribution is 7.59. The first-order chi connectivity index (χ1) is 20.1. The van der Waals surface area contributed by atoms with E-state index in [1.807, 2.05) is 65.7 Å². The number of rotatable bonds is 12. The number of amides is 1. The molecule has 0 radical (unpaired) electrons. The molecular formula is C33H42F3N3O4S. The fourth-order valence-electron chi connectivity index (χ4n) is 5.46. The lowest BCUT2D eigenvalue weighted by Crippen LogP contribution is -2.41. The fourth-order valence-corrected chi connectivity index (χ4v) is 5.46. The van der Waals surface area contributed by atoms with Crippen molar-refractivity contribution in [3.05, 3.63) is 92.2 Å². The molecule has 1 aromatic heterocycles. The standard InChI is InChI=1S/C33H40F3N3O4.H2S/c1-18(2)10-28(39-17-22(8-9-38(6)7)13-26(35)33(39)43)32(42)37-27(16-29(40)41)24-14-23(15-25(34)31(24)36)30-20(4)11-19(3)12-21(30)5;/h11-15,17-18,27-28H,8-10,16H2,1-7H3,(H,37,42)(H,40,41);1H2/t27-,28?;/m0./s1. The van der Waals surface area contributed by atoms with Crippen molar-refractivity contribution in [2.24, 2.45) is 5.92 Å². The van der Waals surface area contributed by atoms with Crippen molar-refractivity contribution in [1.82, 2.24) is 14.8 Å². The number of carboxylic acids is 1. The van der Waals surface area contributed by atoms with Gasteiger partial charge in [-0.25, -0.2) is 13.2 Å². The molecule has 0 fully saturated rings. The molecule has 0 aliphatic heterocycles. The van der Waals surface area contributed by atoms with Gasteiger partial charge >= 0.3 is 5.97 Å². The Hall–Kier alpha value is -3.57. The van der Waals surface area contributed by atoms with Crippen molar-refractivity contribution in [3.8, 4) is 11.1 Å². The minimum Gasteiger partial charge on any atom is -0.481 e. The van der Waals surface area contributed by atoms with Crippen molar-refractivity contribution in [2.45, 2.75) is 66.0 Å². The van der Waals surface area contributed by atoms with Crippen molar-refractivity contribution in [2.75, 3.05) is 20.6 Å². The summed E-state index contributed by atoms with van der Waals surface area (Å²) in [5, 5.41) is 12.2. The maximum absolute atomic E-state index is 15.3. The normalized spacial score (nSPS) is 12.6. The van der Waals surface area contributed by atoms with E-state index in [1.54, 1.807) is 0 Å². The van der Waals surface area contributed by atoms with E-state index >= 15 is 8.78 Å². The lowest BCUT2D eigenvalue weighted by Gasteiger charge is -2.26. The predicted octanol–water partition coefficient (Wildman–Crippen LogP) is 5.99. The third-order valence-corrected chi connectivity index (χ3v) is 7.33. The molecule has 3 rings (SSSR count). The summed E-state index contributed by atoms with van der Waals surface area (Å²) in [4.78, 5) is 40.4. The second kappa shape index (κ2) is 15.4. The van der Waals surface area contributed by atoms with Crippen LogP contribution in [0.1, 0.15) is 66.6 Å². The van der Waals surface area contributed by atoms with E-state index in [2.05, 4.69) is 5.32 Å². The number of carbonyl (C=O) groups is 2. The molecule has 2 aromatic carbocycles. The Bertz CT molecular complexity index is 1550. The summed E-state index contributed by atoms with van der Waals surface area (Å²) < 4.78 is 46.2. The van der Waals surface area contributed by atoms with Gasteiger partial charge in [0, 0.05) is 18.3 Å². The highest BCUT2D eigenvalue weighted by Gasteiger charge is 2.30. The second-order valence-electron chi connectivity index (χ2n) is 11.9. The molecular weight excluding hydrogens is 591 g/mol. The van der Waals surface area contributed by atoms with Crippen molar-refractivity contribution in [3.63, 3.8) is 0 Å². The van der Waals surface area contributed by atoms with Crippen LogP contribution in [0.2, 0.25) is 0 Å². The fraction of sp³-hybridized carbons (Fsp3) is 0.424. The number of benzene rings is 2. The quantitative estimate of drug-likeness (QED) is 0.256. The zero-order valence-electron chi connectivity index (χ0n) is 26.2.